The monoisotopic (exact) mass is 488 g/mol. The van der Waals surface area contributed by atoms with Crippen LogP contribution in [-0.2, 0) is 11.5 Å². The summed E-state index contributed by atoms with van der Waals surface area (Å²) >= 11 is 5.87. The molecule has 1 aliphatic rings. The van der Waals surface area contributed by atoms with Crippen LogP contribution in [-0.4, -0.2) is 34.3 Å². The van der Waals surface area contributed by atoms with Crippen molar-refractivity contribution < 1.29 is 36.3 Å². The lowest BCUT2D eigenvalue weighted by atomic mass is 9.76. The number of hydrogen-bond acceptors (Lipinski definition) is 4. The van der Waals surface area contributed by atoms with E-state index in [0.717, 1.165) is 18.2 Å². The predicted molar refractivity (Wildman–Crippen MR) is 105 cm³/mol. The fraction of sp³-hybridized carbons (Fsp3) is 0.300. The Balaban J connectivity index is 1.87. The number of alkyl halides is 4. The van der Waals surface area contributed by atoms with E-state index in [9.17, 15) is 36.3 Å². The van der Waals surface area contributed by atoms with E-state index in [0.29, 0.717) is 0 Å². The van der Waals surface area contributed by atoms with Crippen molar-refractivity contribution in [3.8, 4) is 6.07 Å². The van der Waals surface area contributed by atoms with Crippen molar-refractivity contribution in [3.63, 3.8) is 0 Å². The number of aromatic nitrogens is 1. The zero-order valence-corrected chi connectivity index (χ0v) is 17.3. The van der Waals surface area contributed by atoms with Gasteiger partial charge in [-0.05, 0) is 37.5 Å². The lowest BCUT2D eigenvalue weighted by molar-refractivity contribution is -0.218. The van der Waals surface area contributed by atoms with Gasteiger partial charge in [-0.1, -0.05) is 11.6 Å². The molecule has 7 nitrogen and oxygen atoms in total. The van der Waals surface area contributed by atoms with E-state index in [-0.39, 0.29) is 17.7 Å². The second kappa shape index (κ2) is 8.82. The topological polar surface area (TPSA) is 115 Å². The van der Waals surface area contributed by atoms with Crippen LogP contribution in [0.3, 0.4) is 0 Å². The number of Topliss-reactive ketones (excluding diaryl/α,β-unsaturated/α-hetero) is 1. The molecule has 2 aromatic rings. The number of halogens is 6. The minimum Gasteiger partial charge on any atom is -0.341 e. The molecular weight excluding hydrogens is 475 g/mol. The molecule has 2 amide bonds. The Labute approximate surface area is 187 Å². The van der Waals surface area contributed by atoms with Gasteiger partial charge in [-0.15, -0.1) is 0 Å². The number of benzene rings is 1. The Morgan fingerprint density at radius 1 is 1.24 bits per heavy atom. The number of H-pyrrole nitrogens is 1. The lowest BCUT2D eigenvalue weighted by Crippen LogP contribution is -2.64. The zero-order chi connectivity index (χ0) is 24.6. The first-order chi connectivity index (χ1) is 15.4. The number of nitrogens with zero attached hydrogens (tertiary/aromatic N) is 1. The van der Waals surface area contributed by atoms with E-state index in [2.05, 4.69) is 10.3 Å². The van der Waals surface area contributed by atoms with Crippen LogP contribution < -0.4 is 10.6 Å². The van der Waals surface area contributed by atoms with Gasteiger partial charge in [-0.2, -0.15) is 18.4 Å². The lowest BCUT2D eigenvalue weighted by Gasteiger charge is -2.43. The maximum Gasteiger partial charge on any atom is 0.411 e. The summed E-state index contributed by atoms with van der Waals surface area (Å²) in [7, 11) is 0. The van der Waals surface area contributed by atoms with Crippen molar-refractivity contribution >= 4 is 34.9 Å². The van der Waals surface area contributed by atoms with E-state index in [1.807, 2.05) is 0 Å². The number of anilines is 1. The van der Waals surface area contributed by atoms with Gasteiger partial charge in [-0.3, -0.25) is 14.4 Å². The van der Waals surface area contributed by atoms with Gasteiger partial charge in [0.25, 0.3) is 17.6 Å². The summed E-state index contributed by atoms with van der Waals surface area (Å²) in [5.41, 5.74) is -4.98. The van der Waals surface area contributed by atoms with Crippen molar-refractivity contribution in [1.82, 2.24) is 10.3 Å². The van der Waals surface area contributed by atoms with Gasteiger partial charge in [0.1, 0.15) is 34.9 Å². The van der Waals surface area contributed by atoms with Gasteiger partial charge in [-0.25, -0.2) is 8.78 Å². The molecule has 33 heavy (non-hydrogen) atoms. The first-order valence-electron chi connectivity index (χ1n) is 9.35. The average molecular weight is 489 g/mol. The van der Waals surface area contributed by atoms with Crippen LogP contribution in [0.4, 0.5) is 27.6 Å². The highest BCUT2D eigenvalue weighted by Gasteiger charge is 2.59. The average Bonchev–Trinajstić information content (AvgIpc) is 3.06. The molecular formula is C20H14ClF5N4O3. The van der Waals surface area contributed by atoms with Crippen LogP contribution in [0.15, 0.2) is 18.2 Å². The van der Waals surface area contributed by atoms with Crippen LogP contribution in [0.5, 0.6) is 0 Å². The summed E-state index contributed by atoms with van der Waals surface area (Å²) in [5, 5.41) is 12.1. The van der Waals surface area contributed by atoms with Crippen molar-refractivity contribution in [2.75, 3.05) is 5.32 Å². The molecule has 1 aromatic carbocycles. The Hall–Kier alpha value is -3.46. The van der Waals surface area contributed by atoms with E-state index in [4.69, 9.17) is 16.9 Å². The molecule has 1 fully saturated rings. The van der Waals surface area contributed by atoms with Crippen LogP contribution >= 0.6 is 11.6 Å². The van der Waals surface area contributed by atoms with Gasteiger partial charge in [0, 0.05) is 11.3 Å². The number of nitriles is 1. The molecule has 1 heterocycles. The summed E-state index contributed by atoms with van der Waals surface area (Å²) in [5.74, 6) is -5.09. The molecule has 0 aliphatic heterocycles. The number of aromatic amines is 1. The highest BCUT2D eigenvalue weighted by atomic mass is 35.5. The molecule has 13 heteroatoms. The summed E-state index contributed by atoms with van der Waals surface area (Å²) < 4.78 is 67.0. The van der Waals surface area contributed by atoms with Crippen LogP contribution in [0, 0.1) is 17.1 Å². The minimum absolute atomic E-state index is 0.0452. The van der Waals surface area contributed by atoms with Gasteiger partial charge in [0.2, 0.25) is 0 Å². The number of nitrogens with one attached hydrogen (secondary N) is 3. The molecule has 0 saturated heterocycles. The number of rotatable bonds is 6. The fourth-order valence-corrected chi connectivity index (χ4v) is 3.64. The standard InChI is InChI=1S/C20H14ClF5N4O3/c21-16-13(15(31)18(33)30-19(4-1-5-19)20(24,25)26)11(7-22)14(29-16)17(32)28-10-2-3-12(23)9(6-10)8-27/h2-3,6,29H,1,4-5,7H2,(H,28,32)(H,30,33). The third kappa shape index (κ3) is 4.41. The Bertz CT molecular complexity index is 1180. The smallest absolute Gasteiger partial charge is 0.341 e. The summed E-state index contributed by atoms with van der Waals surface area (Å²) in [6.07, 6.45) is -5.44. The third-order valence-electron chi connectivity index (χ3n) is 5.30. The molecule has 0 bridgehead atoms. The number of carbonyl (C=O) groups is 3. The SMILES string of the molecule is N#Cc1cc(NC(=O)c2[nH]c(Cl)c(C(=O)C(=O)NC3(C(F)(F)F)CCC3)c2CF)ccc1F. The first-order valence-corrected chi connectivity index (χ1v) is 9.72. The maximum atomic E-state index is 13.7. The van der Waals surface area contributed by atoms with E-state index < -0.39 is 76.6 Å². The summed E-state index contributed by atoms with van der Waals surface area (Å²) in [6, 6.07) is 4.59. The second-order valence-corrected chi connectivity index (χ2v) is 7.66. The highest BCUT2D eigenvalue weighted by Crippen LogP contribution is 2.45. The molecule has 0 atom stereocenters. The Morgan fingerprint density at radius 3 is 2.42 bits per heavy atom. The molecule has 0 radical (unpaired) electrons. The first kappa shape index (κ1) is 24.2. The van der Waals surface area contributed by atoms with E-state index in [1.54, 1.807) is 11.4 Å². The highest BCUT2D eigenvalue weighted by molar-refractivity contribution is 6.47. The maximum absolute atomic E-state index is 13.7. The molecule has 0 unspecified atom stereocenters. The number of amides is 2. The molecule has 1 aromatic heterocycles. The molecule has 1 aliphatic carbocycles. The summed E-state index contributed by atoms with van der Waals surface area (Å²) in [4.78, 5) is 39.6. The predicted octanol–water partition coefficient (Wildman–Crippen LogP) is 4.18. The van der Waals surface area contributed by atoms with Crippen LogP contribution in [0.1, 0.15) is 51.2 Å². The molecule has 3 N–H and O–H groups in total. The molecule has 3 rings (SSSR count). The van der Waals surface area contributed by atoms with Gasteiger partial charge < -0.3 is 15.6 Å². The van der Waals surface area contributed by atoms with Crippen molar-refractivity contribution in [2.45, 2.75) is 37.7 Å². The molecule has 0 spiro atoms. The van der Waals surface area contributed by atoms with Crippen molar-refractivity contribution in [3.05, 3.63) is 51.6 Å². The Morgan fingerprint density at radius 2 is 1.91 bits per heavy atom. The number of carbonyl (C=O) groups excluding carboxylic acids is 3. The zero-order valence-electron chi connectivity index (χ0n) is 16.5. The normalized spacial score (nSPS) is 14.7. The third-order valence-corrected chi connectivity index (χ3v) is 5.58. The fourth-order valence-electron chi connectivity index (χ4n) is 3.35. The number of ketones is 1. The quantitative estimate of drug-likeness (QED) is 0.321. The van der Waals surface area contributed by atoms with Gasteiger partial charge in [0.05, 0.1) is 11.1 Å². The van der Waals surface area contributed by atoms with E-state index in [1.165, 1.54) is 0 Å². The summed E-state index contributed by atoms with van der Waals surface area (Å²) in [6.45, 7) is -1.46. The molecule has 174 valence electrons. The van der Waals surface area contributed by atoms with Gasteiger partial charge >= 0.3 is 6.18 Å². The van der Waals surface area contributed by atoms with Crippen LogP contribution in [0.25, 0.3) is 0 Å². The van der Waals surface area contributed by atoms with E-state index >= 15 is 0 Å². The molecule has 1 saturated carbocycles. The van der Waals surface area contributed by atoms with Crippen LogP contribution in [0.2, 0.25) is 5.15 Å². The van der Waals surface area contributed by atoms with Crippen molar-refractivity contribution in [1.29, 1.82) is 5.26 Å². The second-order valence-electron chi connectivity index (χ2n) is 7.28. The van der Waals surface area contributed by atoms with Crippen molar-refractivity contribution in [2.24, 2.45) is 0 Å². The largest absolute Gasteiger partial charge is 0.411 e. The number of hydrogen-bond donors (Lipinski definition) is 3. The minimum atomic E-state index is -4.80. The Kier molecular flexibility index (Phi) is 6.46. The van der Waals surface area contributed by atoms with Gasteiger partial charge in [0.15, 0.2) is 0 Å².